The molecule has 0 aliphatic carbocycles. The molecular formula is C17H13BrO2S. The van der Waals surface area contributed by atoms with Crippen molar-refractivity contribution in [3.63, 3.8) is 0 Å². The minimum Gasteiger partial charge on any atom is -0.384 e. The average molecular weight is 361 g/mol. The van der Waals surface area contributed by atoms with Crippen LogP contribution in [0.25, 0.3) is 10.1 Å². The molecule has 1 aromatic heterocycles. The van der Waals surface area contributed by atoms with Crippen molar-refractivity contribution in [2.75, 3.05) is 0 Å². The van der Waals surface area contributed by atoms with E-state index in [1.165, 1.54) is 15.8 Å². The number of fused-ring (bicyclic) bond motifs is 2. The molecule has 3 aromatic rings. The first-order valence-corrected chi connectivity index (χ1v) is 8.44. The smallest absolute Gasteiger partial charge is 0.105 e. The molecule has 1 atom stereocenters. The van der Waals surface area contributed by atoms with E-state index in [1.807, 2.05) is 23.6 Å². The summed E-state index contributed by atoms with van der Waals surface area (Å²) in [6, 6.07) is 12.2. The monoisotopic (exact) mass is 360 g/mol. The predicted molar refractivity (Wildman–Crippen MR) is 88.5 cm³/mol. The summed E-state index contributed by atoms with van der Waals surface area (Å²) < 4.78 is 7.69. The zero-order chi connectivity index (χ0) is 14.4. The summed E-state index contributed by atoms with van der Waals surface area (Å²) in [5, 5.41) is 13.9. The Morgan fingerprint density at radius 2 is 2.00 bits per heavy atom. The summed E-state index contributed by atoms with van der Waals surface area (Å²) in [6.45, 7) is 1.33. The lowest BCUT2D eigenvalue weighted by Crippen LogP contribution is -2.00. The van der Waals surface area contributed by atoms with Crippen LogP contribution in [0.1, 0.15) is 28.4 Å². The summed E-state index contributed by atoms with van der Waals surface area (Å²) in [5.41, 5.74) is 4.31. The highest BCUT2D eigenvalue weighted by molar-refractivity contribution is 9.10. The van der Waals surface area contributed by atoms with Gasteiger partial charge < -0.3 is 9.84 Å². The number of rotatable bonds is 2. The number of thiophene rings is 1. The van der Waals surface area contributed by atoms with Crippen molar-refractivity contribution in [1.82, 2.24) is 0 Å². The maximum atomic E-state index is 10.8. The number of halogens is 1. The summed E-state index contributed by atoms with van der Waals surface area (Å²) in [4.78, 5) is 0. The van der Waals surface area contributed by atoms with Gasteiger partial charge in [0, 0.05) is 14.7 Å². The van der Waals surface area contributed by atoms with Crippen molar-refractivity contribution in [2.45, 2.75) is 19.3 Å². The fourth-order valence-electron chi connectivity index (χ4n) is 2.80. The van der Waals surface area contributed by atoms with Crippen LogP contribution in [-0.4, -0.2) is 5.11 Å². The van der Waals surface area contributed by atoms with Crippen LogP contribution in [0.5, 0.6) is 0 Å². The fraction of sp³-hybridized carbons (Fsp3) is 0.176. The first kappa shape index (κ1) is 13.5. The van der Waals surface area contributed by atoms with Gasteiger partial charge in [0.15, 0.2) is 0 Å². The van der Waals surface area contributed by atoms with Crippen LogP contribution in [0, 0.1) is 0 Å². The van der Waals surface area contributed by atoms with E-state index in [9.17, 15) is 5.11 Å². The van der Waals surface area contributed by atoms with Gasteiger partial charge in [0.1, 0.15) is 6.10 Å². The minimum absolute atomic E-state index is 0.598. The molecule has 106 valence electrons. The van der Waals surface area contributed by atoms with Gasteiger partial charge in [-0.15, -0.1) is 11.3 Å². The number of aliphatic hydroxyl groups is 1. The Bertz CT molecular complexity index is 825. The van der Waals surface area contributed by atoms with Crippen LogP contribution in [-0.2, 0) is 18.0 Å². The molecule has 4 heteroatoms. The van der Waals surface area contributed by atoms with E-state index in [0.29, 0.717) is 13.2 Å². The lowest BCUT2D eigenvalue weighted by Gasteiger charge is -2.12. The number of hydrogen-bond acceptors (Lipinski definition) is 3. The topological polar surface area (TPSA) is 29.5 Å². The molecule has 21 heavy (non-hydrogen) atoms. The van der Waals surface area contributed by atoms with Crippen LogP contribution < -0.4 is 0 Å². The molecule has 0 saturated carbocycles. The van der Waals surface area contributed by atoms with Gasteiger partial charge in [-0.2, -0.15) is 0 Å². The van der Waals surface area contributed by atoms with Crippen LogP contribution in [0.3, 0.4) is 0 Å². The Labute approximate surface area is 135 Å². The number of hydrogen-bond donors (Lipinski definition) is 1. The van der Waals surface area contributed by atoms with Gasteiger partial charge >= 0.3 is 0 Å². The number of aliphatic hydroxyl groups excluding tert-OH is 1. The maximum Gasteiger partial charge on any atom is 0.105 e. The first-order valence-electron chi connectivity index (χ1n) is 6.77. The van der Waals surface area contributed by atoms with E-state index < -0.39 is 6.10 Å². The second-order valence-electron chi connectivity index (χ2n) is 5.23. The van der Waals surface area contributed by atoms with Gasteiger partial charge in [-0.05, 0) is 49.5 Å². The van der Waals surface area contributed by atoms with Crippen molar-refractivity contribution in [2.24, 2.45) is 0 Å². The average Bonchev–Trinajstić information content (AvgIpc) is 3.13. The molecule has 2 nitrogen and oxygen atoms in total. The van der Waals surface area contributed by atoms with E-state index in [1.54, 1.807) is 11.3 Å². The minimum atomic E-state index is -0.598. The van der Waals surface area contributed by atoms with Crippen LogP contribution >= 0.6 is 27.3 Å². The molecule has 2 aromatic carbocycles. The Hall–Kier alpha value is -1.20. The van der Waals surface area contributed by atoms with Crippen molar-refractivity contribution in [3.05, 3.63) is 68.5 Å². The first-order chi connectivity index (χ1) is 10.2. The molecule has 0 fully saturated rings. The SMILES string of the molecule is OC(c1ccc2c(c1)COC2)c1csc2c(Br)cccc12. The fourth-order valence-corrected chi connectivity index (χ4v) is 4.44. The lowest BCUT2D eigenvalue weighted by atomic mass is 9.97. The summed E-state index contributed by atoms with van der Waals surface area (Å²) in [5.74, 6) is 0. The third-order valence-electron chi connectivity index (χ3n) is 3.94. The van der Waals surface area contributed by atoms with Crippen LogP contribution in [0.4, 0.5) is 0 Å². The van der Waals surface area contributed by atoms with E-state index in [-0.39, 0.29) is 0 Å². The van der Waals surface area contributed by atoms with E-state index >= 15 is 0 Å². The molecule has 0 radical (unpaired) electrons. The van der Waals surface area contributed by atoms with E-state index in [2.05, 4.69) is 34.1 Å². The second kappa shape index (κ2) is 5.21. The van der Waals surface area contributed by atoms with Gasteiger partial charge in [0.2, 0.25) is 0 Å². The maximum absolute atomic E-state index is 10.8. The number of ether oxygens (including phenoxy) is 1. The normalized spacial score (nSPS) is 15.3. The molecule has 1 unspecified atom stereocenters. The molecule has 4 rings (SSSR count). The van der Waals surface area contributed by atoms with Gasteiger partial charge in [0.25, 0.3) is 0 Å². The highest BCUT2D eigenvalue weighted by atomic mass is 79.9. The standard InChI is InChI=1S/C17H13BrO2S/c18-15-3-1-2-13-14(9-21-17(13)15)16(19)10-4-5-11-7-20-8-12(11)6-10/h1-6,9,16,19H,7-8H2. The van der Waals surface area contributed by atoms with Crippen molar-refractivity contribution in [3.8, 4) is 0 Å². The molecular weight excluding hydrogens is 348 g/mol. The Balaban J connectivity index is 1.79. The molecule has 0 bridgehead atoms. The molecule has 1 N–H and O–H groups in total. The third kappa shape index (κ3) is 2.23. The molecule has 0 amide bonds. The van der Waals surface area contributed by atoms with E-state index in [0.717, 1.165) is 21.0 Å². The van der Waals surface area contributed by atoms with Gasteiger partial charge in [-0.1, -0.05) is 30.3 Å². The highest BCUT2D eigenvalue weighted by Crippen LogP contribution is 2.37. The molecule has 1 aliphatic heterocycles. The largest absolute Gasteiger partial charge is 0.384 e. The van der Waals surface area contributed by atoms with Crippen molar-refractivity contribution in [1.29, 1.82) is 0 Å². The Morgan fingerprint density at radius 1 is 1.14 bits per heavy atom. The van der Waals surface area contributed by atoms with E-state index in [4.69, 9.17) is 4.74 Å². The zero-order valence-electron chi connectivity index (χ0n) is 11.2. The zero-order valence-corrected chi connectivity index (χ0v) is 13.6. The molecule has 2 heterocycles. The van der Waals surface area contributed by atoms with Crippen molar-refractivity contribution < 1.29 is 9.84 Å². The predicted octanol–water partition coefficient (Wildman–Crippen LogP) is 4.78. The molecule has 0 saturated heterocycles. The second-order valence-corrected chi connectivity index (χ2v) is 6.97. The van der Waals surface area contributed by atoms with Gasteiger partial charge in [0.05, 0.1) is 13.2 Å². The summed E-state index contributed by atoms with van der Waals surface area (Å²) in [6.07, 6.45) is -0.598. The van der Waals surface area contributed by atoms with Crippen LogP contribution in [0.2, 0.25) is 0 Å². The van der Waals surface area contributed by atoms with Gasteiger partial charge in [-0.3, -0.25) is 0 Å². The van der Waals surface area contributed by atoms with Crippen LogP contribution in [0.15, 0.2) is 46.3 Å². The number of benzene rings is 2. The quantitative estimate of drug-likeness (QED) is 0.712. The highest BCUT2D eigenvalue weighted by Gasteiger charge is 2.19. The summed E-state index contributed by atoms with van der Waals surface area (Å²) >= 11 is 5.23. The lowest BCUT2D eigenvalue weighted by molar-refractivity contribution is 0.134. The third-order valence-corrected chi connectivity index (χ3v) is 5.91. The van der Waals surface area contributed by atoms with Crippen molar-refractivity contribution >= 4 is 37.4 Å². The Kier molecular flexibility index (Phi) is 3.34. The molecule has 0 spiro atoms. The Morgan fingerprint density at radius 3 is 2.90 bits per heavy atom. The summed E-state index contributed by atoms with van der Waals surface area (Å²) in [7, 11) is 0. The van der Waals surface area contributed by atoms with Gasteiger partial charge in [-0.25, -0.2) is 0 Å². The molecule has 1 aliphatic rings.